The van der Waals surface area contributed by atoms with E-state index in [0.717, 1.165) is 28.9 Å². The molecule has 1 unspecified atom stereocenters. The monoisotopic (exact) mass is 301 g/mol. The van der Waals surface area contributed by atoms with Crippen LogP contribution in [0.1, 0.15) is 31.4 Å². The normalized spacial score (nSPS) is 12.4. The topological polar surface area (TPSA) is 12.0 Å². The Morgan fingerprint density at radius 3 is 2.94 bits per heavy atom. The van der Waals surface area contributed by atoms with Gasteiger partial charge in [0.2, 0.25) is 0 Å². The molecule has 1 aromatic rings. The van der Waals surface area contributed by atoms with Gasteiger partial charge in [0.05, 0.1) is 0 Å². The molecule has 1 atom stereocenters. The fraction of sp³-hybridized carbons (Fsp3) is 0.385. The van der Waals surface area contributed by atoms with Crippen molar-refractivity contribution in [3.63, 3.8) is 0 Å². The highest BCUT2D eigenvalue weighted by Crippen LogP contribution is 2.28. The van der Waals surface area contributed by atoms with Crippen molar-refractivity contribution in [1.29, 1.82) is 0 Å². The molecule has 1 aromatic carbocycles. The van der Waals surface area contributed by atoms with E-state index < -0.39 is 0 Å². The summed E-state index contributed by atoms with van der Waals surface area (Å²) in [5.41, 5.74) is 1.20. The summed E-state index contributed by atoms with van der Waals surface area (Å²) in [5, 5.41) is 4.26. The SMILES string of the molecule is C=CCC(NCCC)c1cc(Cl)ccc1Br. The van der Waals surface area contributed by atoms with Crippen LogP contribution in [0.2, 0.25) is 5.02 Å². The van der Waals surface area contributed by atoms with Crippen LogP contribution in [0, 0.1) is 0 Å². The molecule has 1 nitrogen and oxygen atoms in total. The molecule has 16 heavy (non-hydrogen) atoms. The minimum absolute atomic E-state index is 0.283. The molecule has 0 bridgehead atoms. The van der Waals surface area contributed by atoms with Crippen LogP contribution in [-0.2, 0) is 0 Å². The Hall–Kier alpha value is -0.310. The van der Waals surface area contributed by atoms with Gasteiger partial charge in [0.25, 0.3) is 0 Å². The summed E-state index contributed by atoms with van der Waals surface area (Å²) in [6, 6.07) is 6.16. The van der Waals surface area contributed by atoms with Crippen LogP contribution in [0.5, 0.6) is 0 Å². The summed E-state index contributed by atoms with van der Waals surface area (Å²) in [7, 11) is 0. The summed E-state index contributed by atoms with van der Waals surface area (Å²) in [6.07, 6.45) is 3.95. The summed E-state index contributed by atoms with van der Waals surface area (Å²) in [6.45, 7) is 6.95. The molecule has 1 rings (SSSR count). The van der Waals surface area contributed by atoms with Crippen LogP contribution in [0.4, 0.5) is 0 Å². The van der Waals surface area contributed by atoms with E-state index >= 15 is 0 Å². The van der Waals surface area contributed by atoms with Gasteiger partial charge in [0.1, 0.15) is 0 Å². The molecule has 0 aliphatic rings. The first kappa shape index (κ1) is 13.8. The molecule has 0 saturated heterocycles. The molecular weight excluding hydrogens is 286 g/mol. The molecule has 0 saturated carbocycles. The van der Waals surface area contributed by atoms with Crippen LogP contribution in [-0.4, -0.2) is 6.54 Å². The average Bonchev–Trinajstić information content (AvgIpc) is 2.28. The van der Waals surface area contributed by atoms with Gasteiger partial charge in [-0.1, -0.05) is 40.5 Å². The van der Waals surface area contributed by atoms with Crippen LogP contribution in [0.25, 0.3) is 0 Å². The molecule has 88 valence electrons. The first-order valence-corrected chi connectivity index (χ1v) is 6.65. The lowest BCUT2D eigenvalue weighted by Gasteiger charge is -2.19. The van der Waals surface area contributed by atoms with E-state index in [1.807, 2.05) is 24.3 Å². The van der Waals surface area contributed by atoms with Crippen molar-refractivity contribution in [1.82, 2.24) is 5.32 Å². The maximum absolute atomic E-state index is 6.02. The number of nitrogens with one attached hydrogen (secondary N) is 1. The molecule has 0 amide bonds. The third-order valence-corrected chi connectivity index (χ3v) is 3.33. The third kappa shape index (κ3) is 3.93. The Balaban J connectivity index is 2.90. The van der Waals surface area contributed by atoms with Crippen molar-refractivity contribution in [2.75, 3.05) is 6.54 Å². The van der Waals surface area contributed by atoms with E-state index in [0.29, 0.717) is 0 Å². The Morgan fingerprint density at radius 1 is 1.56 bits per heavy atom. The van der Waals surface area contributed by atoms with Crippen molar-refractivity contribution < 1.29 is 0 Å². The molecule has 0 fully saturated rings. The summed E-state index contributed by atoms with van der Waals surface area (Å²) < 4.78 is 1.09. The van der Waals surface area contributed by atoms with Crippen LogP contribution < -0.4 is 5.32 Å². The van der Waals surface area contributed by atoms with Gasteiger partial charge in [0.15, 0.2) is 0 Å². The van der Waals surface area contributed by atoms with Gasteiger partial charge in [-0.25, -0.2) is 0 Å². The summed E-state index contributed by atoms with van der Waals surface area (Å²) in [5.74, 6) is 0. The smallest absolute Gasteiger partial charge is 0.0410 e. The fourth-order valence-corrected chi connectivity index (χ4v) is 2.29. The first-order valence-electron chi connectivity index (χ1n) is 5.48. The average molecular weight is 303 g/mol. The van der Waals surface area contributed by atoms with Gasteiger partial charge in [-0.05, 0) is 43.1 Å². The largest absolute Gasteiger partial charge is 0.310 e. The zero-order valence-electron chi connectivity index (χ0n) is 9.47. The van der Waals surface area contributed by atoms with Gasteiger partial charge in [-0.3, -0.25) is 0 Å². The Kier molecular flexibility index (Phi) is 6.10. The maximum Gasteiger partial charge on any atom is 0.0410 e. The lowest BCUT2D eigenvalue weighted by Crippen LogP contribution is -2.22. The minimum atomic E-state index is 0.283. The number of benzene rings is 1. The Labute approximate surface area is 111 Å². The highest BCUT2D eigenvalue weighted by Gasteiger charge is 2.12. The second kappa shape index (κ2) is 7.10. The second-order valence-corrected chi connectivity index (χ2v) is 4.99. The highest BCUT2D eigenvalue weighted by molar-refractivity contribution is 9.10. The second-order valence-electron chi connectivity index (χ2n) is 3.70. The molecule has 0 radical (unpaired) electrons. The zero-order chi connectivity index (χ0) is 12.0. The van der Waals surface area contributed by atoms with Crippen LogP contribution in [0.15, 0.2) is 35.3 Å². The molecule has 0 heterocycles. The van der Waals surface area contributed by atoms with Crippen molar-refractivity contribution in [2.24, 2.45) is 0 Å². The van der Waals surface area contributed by atoms with E-state index in [-0.39, 0.29) is 6.04 Å². The number of hydrogen-bond donors (Lipinski definition) is 1. The molecule has 0 aromatic heterocycles. The van der Waals surface area contributed by atoms with E-state index in [1.54, 1.807) is 0 Å². The maximum atomic E-state index is 6.02. The minimum Gasteiger partial charge on any atom is -0.310 e. The molecule has 0 spiro atoms. The lowest BCUT2D eigenvalue weighted by molar-refractivity contribution is 0.535. The van der Waals surface area contributed by atoms with Crippen LogP contribution in [0.3, 0.4) is 0 Å². The lowest BCUT2D eigenvalue weighted by atomic mass is 10.0. The molecule has 0 aliphatic carbocycles. The van der Waals surface area contributed by atoms with Gasteiger partial charge < -0.3 is 5.32 Å². The summed E-state index contributed by atoms with van der Waals surface area (Å²) in [4.78, 5) is 0. The van der Waals surface area contributed by atoms with E-state index in [2.05, 4.69) is 34.7 Å². The standard InChI is InChI=1S/C13H17BrClN/c1-3-5-13(16-8-4-2)11-9-10(15)6-7-12(11)14/h3,6-7,9,13,16H,1,4-5,8H2,2H3. The van der Waals surface area contributed by atoms with Crippen molar-refractivity contribution in [2.45, 2.75) is 25.8 Å². The quantitative estimate of drug-likeness (QED) is 0.750. The third-order valence-electron chi connectivity index (χ3n) is 2.38. The zero-order valence-corrected chi connectivity index (χ0v) is 11.8. The van der Waals surface area contributed by atoms with Crippen molar-refractivity contribution in [3.8, 4) is 0 Å². The van der Waals surface area contributed by atoms with Crippen molar-refractivity contribution >= 4 is 27.5 Å². The van der Waals surface area contributed by atoms with Gasteiger partial charge >= 0.3 is 0 Å². The number of halogens is 2. The van der Waals surface area contributed by atoms with Gasteiger partial charge in [0, 0.05) is 15.5 Å². The molecule has 1 N–H and O–H groups in total. The number of rotatable bonds is 6. The first-order chi connectivity index (χ1) is 7.69. The van der Waals surface area contributed by atoms with Gasteiger partial charge in [-0.2, -0.15) is 0 Å². The number of hydrogen-bond acceptors (Lipinski definition) is 1. The van der Waals surface area contributed by atoms with E-state index in [1.165, 1.54) is 5.56 Å². The Bertz CT molecular complexity index is 352. The van der Waals surface area contributed by atoms with E-state index in [4.69, 9.17) is 11.6 Å². The summed E-state index contributed by atoms with van der Waals surface area (Å²) >= 11 is 9.58. The van der Waals surface area contributed by atoms with Crippen molar-refractivity contribution in [3.05, 3.63) is 45.9 Å². The predicted octanol–water partition coefficient (Wildman–Crippen LogP) is 4.72. The molecular formula is C13H17BrClN. The molecule has 3 heteroatoms. The van der Waals surface area contributed by atoms with E-state index in [9.17, 15) is 0 Å². The predicted molar refractivity (Wildman–Crippen MR) is 75.0 cm³/mol. The van der Waals surface area contributed by atoms with Gasteiger partial charge in [-0.15, -0.1) is 6.58 Å². The van der Waals surface area contributed by atoms with Crippen LogP contribution >= 0.6 is 27.5 Å². The molecule has 0 aliphatic heterocycles. The Morgan fingerprint density at radius 2 is 2.31 bits per heavy atom. The highest BCUT2D eigenvalue weighted by atomic mass is 79.9. The fourth-order valence-electron chi connectivity index (χ4n) is 1.59.